The van der Waals surface area contributed by atoms with Crippen LogP contribution in [-0.4, -0.2) is 32.6 Å². The maximum absolute atomic E-state index is 12.7. The van der Waals surface area contributed by atoms with Gasteiger partial charge in [-0.2, -0.15) is 0 Å². The molecule has 0 aliphatic heterocycles. The number of hydrogen-bond donors (Lipinski definition) is 2. The summed E-state index contributed by atoms with van der Waals surface area (Å²) in [6.45, 7) is -0.0218. The van der Waals surface area contributed by atoms with E-state index in [-0.39, 0.29) is 22.9 Å². The molecule has 0 bridgehead atoms. The highest BCUT2D eigenvalue weighted by molar-refractivity contribution is 7.89. The van der Waals surface area contributed by atoms with Crippen LogP contribution in [0.15, 0.2) is 40.6 Å². The van der Waals surface area contributed by atoms with Crippen molar-refractivity contribution < 1.29 is 27.4 Å². The molecule has 0 aliphatic carbocycles. The fourth-order valence-corrected chi connectivity index (χ4v) is 3.89. The average molecular weight is 345 g/mol. The predicted octanol–water partition coefficient (Wildman–Crippen LogP) is 1.94. The van der Waals surface area contributed by atoms with Crippen LogP contribution in [0.1, 0.15) is 9.67 Å². The number of carbonyl (C=O) groups is 1. The molecule has 2 aromatic rings. The predicted molar refractivity (Wildman–Crippen MR) is 78.4 cm³/mol. The number of thiophene rings is 1. The van der Waals surface area contributed by atoms with E-state index >= 15 is 0 Å². The monoisotopic (exact) mass is 345 g/mol. The first-order valence-electron chi connectivity index (χ1n) is 6.09. The summed E-state index contributed by atoms with van der Waals surface area (Å²) in [5.41, 5.74) is 0. The summed E-state index contributed by atoms with van der Waals surface area (Å²) in [7, 11) is -3.91. The summed E-state index contributed by atoms with van der Waals surface area (Å²) >= 11 is 0.836. The van der Waals surface area contributed by atoms with Crippen LogP contribution in [0.3, 0.4) is 0 Å². The van der Waals surface area contributed by atoms with Gasteiger partial charge in [0.05, 0.1) is 0 Å². The Balaban J connectivity index is 1.91. The number of aromatic carboxylic acids is 1. The molecule has 9 heteroatoms. The van der Waals surface area contributed by atoms with Gasteiger partial charge >= 0.3 is 5.97 Å². The number of benzene rings is 1. The number of halogens is 1. The lowest BCUT2D eigenvalue weighted by Gasteiger charge is -2.08. The summed E-state index contributed by atoms with van der Waals surface area (Å²) in [6, 6.07) is 6.53. The first kappa shape index (κ1) is 16.4. The summed E-state index contributed by atoms with van der Waals surface area (Å²) < 4.78 is 44.2. The van der Waals surface area contributed by atoms with E-state index in [1.165, 1.54) is 35.7 Å². The number of sulfonamides is 1. The van der Waals surface area contributed by atoms with E-state index < -0.39 is 21.8 Å². The second-order valence-electron chi connectivity index (χ2n) is 4.12. The van der Waals surface area contributed by atoms with E-state index in [2.05, 4.69) is 4.72 Å². The molecule has 1 aromatic carbocycles. The van der Waals surface area contributed by atoms with Crippen LogP contribution in [0, 0.1) is 5.82 Å². The van der Waals surface area contributed by atoms with Gasteiger partial charge in [0.15, 0.2) is 0 Å². The molecule has 2 N–H and O–H groups in total. The molecule has 0 saturated carbocycles. The Bertz CT molecular complexity index is 755. The number of carboxylic acid groups (broad SMARTS) is 1. The molecular formula is C13H12FNO5S2. The Morgan fingerprint density at radius 2 is 1.95 bits per heavy atom. The van der Waals surface area contributed by atoms with E-state index in [0.717, 1.165) is 11.3 Å². The number of carboxylic acids is 1. The molecule has 0 saturated heterocycles. The quantitative estimate of drug-likeness (QED) is 0.748. The highest BCUT2D eigenvalue weighted by atomic mass is 32.2. The minimum Gasteiger partial charge on any atom is -0.492 e. The van der Waals surface area contributed by atoms with Crippen molar-refractivity contribution in [1.29, 1.82) is 0 Å². The van der Waals surface area contributed by atoms with E-state index in [0.29, 0.717) is 5.75 Å². The molecule has 0 fully saturated rings. The molecule has 0 aliphatic rings. The normalized spacial score (nSPS) is 11.3. The third-order valence-corrected chi connectivity index (χ3v) is 5.12. The Labute approximate surface area is 130 Å². The van der Waals surface area contributed by atoms with Crippen molar-refractivity contribution in [2.45, 2.75) is 4.90 Å². The smallest absolute Gasteiger partial charge is 0.347 e. The standard InChI is InChI=1S/C13H12FNO5S2/c14-9-1-3-10(4-2-9)20-7-6-15-22(18,19)11-5-8-21-12(11)13(16)17/h1-5,8,15H,6-7H2,(H,16,17). The Morgan fingerprint density at radius 1 is 1.27 bits per heavy atom. The van der Waals surface area contributed by atoms with Gasteiger partial charge in [-0.25, -0.2) is 22.3 Å². The summed E-state index contributed by atoms with van der Waals surface area (Å²) in [4.78, 5) is 10.4. The third-order valence-electron chi connectivity index (χ3n) is 2.59. The number of hydrogen-bond acceptors (Lipinski definition) is 5. The van der Waals surface area contributed by atoms with Crippen molar-refractivity contribution in [1.82, 2.24) is 4.72 Å². The molecule has 0 spiro atoms. The van der Waals surface area contributed by atoms with Crippen LogP contribution in [0.4, 0.5) is 4.39 Å². The zero-order valence-corrected chi connectivity index (χ0v) is 12.8. The highest BCUT2D eigenvalue weighted by Crippen LogP contribution is 2.21. The zero-order chi connectivity index (χ0) is 16.2. The van der Waals surface area contributed by atoms with Gasteiger partial charge in [-0.05, 0) is 35.7 Å². The average Bonchev–Trinajstić information content (AvgIpc) is 2.96. The Morgan fingerprint density at radius 3 is 2.59 bits per heavy atom. The molecule has 2 rings (SSSR count). The van der Waals surface area contributed by atoms with E-state index in [9.17, 15) is 17.6 Å². The fourth-order valence-electron chi connectivity index (χ4n) is 1.62. The van der Waals surface area contributed by atoms with Gasteiger partial charge in [0.1, 0.15) is 27.9 Å². The molecule has 118 valence electrons. The summed E-state index contributed by atoms with van der Waals surface area (Å²) in [5.74, 6) is -1.29. The molecule has 0 radical (unpaired) electrons. The van der Waals surface area contributed by atoms with Gasteiger partial charge in [-0.15, -0.1) is 11.3 Å². The van der Waals surface area contributed by atoms with Crippen molar-refractivity contribution in [3.63, 3.8) is 0 Å². The van der Waals surface area contributed by atoms with E-state index in [1.54, 1.807) is 0 Å². The number of nitrogens with one attached hydrogen (secondary N) is 1. The van der Waals surface area contributed by atoms with Crippen molar-refractivity contribution in [2.75, 3.05) is 13.2 Å². The molecule has 22 heavy (non-hydrogen) atoms. The van der Waals surface area contributed by atoms with Crippen LogP contribution in [0.2, 0.25) is 0 Å². The van der Waals surface area contributed by atoms with Gasteiger partial charge in [0.25, 0.3) is 0 Å². The maximum Gasteiger partial charge on any atom is 0.347 e. The van der Waals surface area contributed by atoms with Crippen LogP contribution in [0.25, 0.3) is 0 Å². The van der Waals surface area contributed by atoms with Crippen molar-refractivity contribution >= 4 is 27.3 Å². The molecule has 0 atom stereocenters. The molecule has 0 amide bonds. The van der Waals surface area contributed by atoms with E-state index in [4.69, 9.17) is 9.84 Å². The topological polar surface area (TPSA) is 92.7 Å². The maximum atomic E-state index is 12.7. The SMILES string of the molecule is O=C(O)c1sccc1S(=O)(=O)NCCOc1ccc(F)cc1. The lowest BCUT2D eigenvalue weighted by Crippen LogP contribution is -2.29. The second-order valence-corrected chi connectivity index (χ2v) is 6.77. The van der Waals surface area contributed by atoms with Gasteiger partial charge in [-0.3, -0.25) is 0 Å². The van der Waals surface area contributed by atoms with Crippen molar-refractivity contribution in [3.05, 3.63) is 46.4 Å². The van der Waals surface area contributed by atoms with Gasteiger partial charge in [0, 0.05) is 6.54 Å². The number of ether oxygens (including phenoxy) is 1. The van der Waals surface area contributed by atoms with Crippen molar-refractivity contribution in [2.24, 2.45) is 0 Å². The van der Waals surface area contributed by atoms with E-state index in [1.807, 2.05) is 0 Å². The first-order chi connectivity index (χ1) is 10.4. The second kappa shape index (κ2) is 6.86. The molecule has 0 unspecified atom stereocenters. The summed E-state index contributed by atoms with van der Waals surface area (Å²) in [5, 5.41) is 10.3. The summed E-state index contributed by atoms with van der Waals surface area (Å²) in [6.07, 6.45) is 0. The third kappa shape index (κ3) is 4.03. The zero-order valence-electron chi connectivity index (χ0n) is 11.2. The molecule has 1 heterocycles. The minimum absolute atomic E-state index is 0.0252. The minimum atomic E-state index is -3.91. The lowest BCUT2D eigenvalue weighted by molar-refractivity contribution is 0.0698. The fraction of sp³-hybridized carbons (Fsp3) is 0.154. The first-order valence-corrected chi connectivity index (χ1v) is 8.45. The molecule has 1 aromatic heterocycles. The Kier molecular flexibility index (Phi) is 5.11. The Hall–Kier alpha value is -1.97. The lowest BCUT2D eigenvalue weighted by atomic mass is 10.3. The van der Waals surface area contributed by atoms with Crippen LogP contribution in [0.5, 0.6) is 5.75 Å². The van der Waals surface area contributed by atoms with Gasteiger partial charge in [0.2, 0.25) is 10.0 Å². The van der Waals surface area contributed by atoms with Crippen molar-refractivity contribution in [3.8, 4) is 5.75 Å². The van der Waals surface area contributed by atoms with Gasteiger partial charge < -0.3 is 9.84 Å². The molecule has 6 nitrogen and oxygen atoms in total. The van der Waals surface area contributed by atoms with Crippen LogP contribution < -0.4 is 9.46 Å². The highest BCUT2D eigenvalue weighted by Gasteiger charge is 2.23. The van der Waals surface area contributed by atoms with Gasteiger partial charge in [-0.1, -0.05) is 0 Å². The molecular weight excluding hydrogens is 333 g/mol. The van der Waals surface area contributed by atoms with Crippen LogP contribution in [-0.2, 0) is 10.0 Å². The van der Waals surface area contributed by atoms with Crippen LogP contribution >= 0.6 is 11.3 Å². The largest absolute Gasteiger partial charge is 0.492 e. The number of rotatable bonds is 7.